The van der Waals surface area contributed by atoms with Gasteiger partial charge in [-0.3, -0.25) is 9.69 Å². The van der Waals surface area contributed by atoms with E-state index in [4.69, 9.17) is 4.74 Å². The van der Waals surface area contributed by atoms with Crippen LogP contribution in [-0.2, 0) is 17.6 Å². The van der Waals surface area contributed by atoms with Crippen LogP contribution in [0.5, 0.6) is 5.75 Å². The molecule has 1 aromatic heterocycles. The van der Waals surface area contributed by atoms with Crippen LogP contribution in [0.4, 0.5) is 10.7 Å². The van der Waals surface area contributed by atoms with Crippen molar-refractivity contribution < 1.29 is 9.53 Å². The fourth-order valence-corrected chi connectivity index (χ4v) is 5.88. The third-order valence-electron chi connectivity index (χ3n) is 6.47. The Morgan fingerprint density at radius 1 is 1.32 bits per heavy atom. The zero-order valence-electron chi connectivity index (χ0n) is 18.3. The number of nitrogens with one attached hydrogen (secondary N) is 1. The highest BCUT2D eigenvalue weighted by Gasteiger charge is 2.26. The number of rotatable bonds is 6. The molecule has 1 unspecified atom stereocenters. The van der Waals surface area contributed by atoms with Crippen molar-refractivity contribution in [2.45, 2.75) is 32.6 Å². The van der Waals surface area contributed by atoms with E-state index in [0.29, 0.717) is 18.0 Å². The quantitative estimate of drug-likeness (QED) is 0.741. The van der Waals surface area contributed by atoms with E-state index in [1.54, 1.807) is 18.4 Å². The summed E-state index contributed by atoms with van der Waals surface area (Å²) in [5.41, 5.74) is 3.00. The van der Waals surface area contributed by atoms with Gasteiger partial charge in [0, 0.05) is 42.8 Å². The Morgan fingerprint density at radius 3 is 2.84 bits per heavy atom. The minimum atomic E-state index is -0.0306. The van der Waals surface area contributed by atoms with Crippen LogP contribution in [0.3, 0.4) is 0 Å². The molecule has 1 saturated heterocycles. The topological polar surface area (TPSA) is 68.6 Å². The molecule has 0 saturated carbocycles. The van der Waals surface area contributed by atoms with Gasteiger partial charge < -0.3 is 15.0 Å². The number of amides is 1. The summed E-state index contributed by atoms with van der Waals surface area (Å²) in [5, 5.41) is 13.5. The number of methoxy groups -OCH3 is 1. The zero-order chi connectivity index (χ0) is 21.8. The number of fused-ring (bicyclic) bond motifs is 1. The minimum Gasteiger partial charge on any atom is -0.497 e. The van der Waals surface area contributed by atoms with Gasteiger partial charge in [-0.05, 0) is 42.9 Å². The number of piperazine rings is 1. The van der Waals surface area contributed by atoms with Crippen molar-refractivity contribution in [3.8, 4) is 11.8 Å². The first-order valence-corrected chi connectivity index (χ1v) is 11.9. The maximum absolute atomic E-state index is 12.7. The Morgan fingerprint density at radius 2 is 2.13 bits per heavy atom. The van der Waals surface area contributed by atoms with Crippen molar-refractivity contribution >= 4 is 27.9 Å². The molecule has 2 heterocycles. The van der Waals surface area contributed by atoms with Crippen molar-refractivity contribution in [3.63, 3.8) is 0 Å². The number of carbonyl (C=O) groups excluding carboxylic acids is 1. The highest BCUT2D eigenvalue weighted by molar-refractivity contribution is 7.16. The average molecular weight is 439 g/mol. The average Bonchev–Trinajstić information content (AvgIpc) is 3.15. The van der Waals surface area contributed by atoms with Crippen LogP contribution in [0.15, 0.2) is 24.3 Å². The van der Waals surface area contributed by atoms with Gasteiger partial charge in [0.15, 0.2) is 0 Å². The van der Waals surface area contributed by atoms with E-state index in [-0.39, 0.29) is 5.91 Å². The number of nitrogens with zero attached hydrogens (tertiary/aromatic N) is 3. The number of thiophene rings is 1. The molecule has 0 bridgehead atoms. The predicted octanol–water partition coefficient (Wildman–Crippen LogP) is 3.90. The maximum atomic E-state index is 12.7. The van der Waals surface area contributed by atoms with Crippen LogP contribution in [0, 0.1) is 17.2 Å². The Labute approximate surface area is 188 Å². The number of benzene rings is 1. The lowest BCUT2D eigenvalue weighted by Gasteiger charge is -2.35. The predicted molar refractivity (Wildman–Crippen MR) is 125 cm³/mol. The van der Waals surface area contributed by atoms with Crippen molar-refractivity contribution in [2.24, 2.45) is 5.92 Å². The SMILES string of the molecule is CCC1CCc2c(sc(NC(=O)CN3CCN(c4cccc(OC)c4)CC3)c2C#N)C1. The van der Waals surface area contributed by atoms with Crippen molar-refractivity contribution in [2.75, 3.05) is 50.1 Å². The molecule has 1 atom stereocenters. The normalized spacial score (nSPS) is 18.9. The van der Waals surface area contributed by atoms with Gasteiger partial charge in [0.25, 0.3) is 0 Å². The van der Waals surface area contributed by atoms with E-state index < -0.39 is 0 Å². The molecule has 1 aliphatic heterocycles. The number of hydrogen-bond acceptors (Lipinski definition) is 6. The van der Waals surface area contributed by atoms with Gasteiger partial charge in [0.1, 0.15) is 16.8 Å². The second kappa shape index (κ2) is 9.71. The molecule has 0 spiro atoms. The van der Waals surface area contributed by atoms with Crippen LogP contribution in [0.2, 0.25) is 0 Å². The molecule has 1 aromatic carbocycles. The van der Waals surface area contributed by atoms with Gasteiger partial charge in [-0.2, -0.15) is 5.26 Å². The smallest absolute Gasteiger partial charge is 0.239 e. The molecule has 0 radical (unpaired) electrons. The first-order chi connectivity index (χ1) is 15.1. The molecular weight excluding hydrogens is 408 g/mol. The summed E-state index contributed by atoms with van der Waals surface area (Å²) in [6.07, 6.45) is 4.30. The summed E-state index contributed by atoms with van der Waals surface area (Å²) in [6, 6.07) is 10.4. The van der Waals surface area contributed by atoms with Crippen LogP contribution >= 0.6 is 11.3 Å². The third kappa shape index (κ3) is 4.86. The van der Waals surface area contributed by atoms with Crippen LogP contribution in [0.1, 0.15) is 35.8 Å². The Kier molecular flexibility index (Phi) is 6.79. The first-order valence-electron chi connectivity index (χ1n) is 11.1. The summed E-state index contributed by atoms with van der Waals surface area (Å²) in [7, 11) is 1.68. The lowest BCUT2D eigenvalue weighted by molar-refractivity contribution is -0.117. The molecule has 2 aromatic rings. The third-order valence-corrected chi connectivity index (χ3v) is 7.64. The molecule has 1 N–H and O–H groups in total. The molecular formula is C24H30N4O2S. The molecule has 2 aliphatic rings. The second-order valence-electron chi connectivity index (χ2n) is 8.35. The molecule has 6 nitrogen and oxygen atoms in total. The van der Waals surface area contributed by atoms with E-state index in [1.165, 1.54) is 16.9 Å². The van der Waals surface area contributed by atoms with Crippen LogP contribution < -0.4 is 15.0 Å². The fourth-order valence-electron chi connectivity index (χ4n) is 4.55. The summed E-state index contributed by atoms with van der Waals surface area (Å²) < 4.78 is 5.33. The van der Waals surface area contributed by atoms with E-state index >= 15 is 0 Å². The van der Waals surface area contributed by atoms with E-state index in [0.717, 1.165) is 61.9 Å². The molecule has 7 heteroatoms. The van der Waals surface area contributed by atoms with Gasteiger partial charge in [0.05, 0.1) is 19.2 Å². The maximum Gasteiger partial charge on any atom is 0.239 e. The summed E-state index contributed by atoms with van der Waals surface area (Å²) in [5.74, 6) is 1.52. The highest BCUT2D eigenvalue weighted by atomic mass is 32.1. The Hall–Kier alpha value is -2.56. The fraction of sp³-hybridized carbons (Fsp3) is 0.500. The van der Waals surface area contributed by atoms with Gasteiger partial charge in [0.2, 0.25) is 5.91 Å². The lowest BCUT2D eigenvalue weighted by atomic mass is 9.86. The number of hydrogen-bond donors (Lipinski definition) is 1. The zero-order valence-corrected chi connectivity index (χ0v) is 19.1. The molecule has 1 fully saturated rings. The van der Waals surface area contributed by atoms with E-state index in [2.05, 4.69) is 34.2 Å². The van der Waals surface area contributed by atoms with Crippen molar-refractivity contribution in [1.29, 1.82) is 5.26 Å². The second-order valence-corrected chi connectivity index (χ2v) is 9.45. The Balaban J connectivity index is 1.33. The number of ether oxygens (including phenoxy) is 1. The highest BCUT2D eigenvalue weighted by Crippen LogP contribution is 2.40. The van der Waals surface area contributed by atoms with Gasteiger partial charge in [-0.1, -0.05) is 19.4 Å². The molecule has 4 rings (SSSR count). The molecule has 1 amide bonds. The molecule has 31 heavy (non-hydrogen) atoms. The summed E-state index contributed by atoms with van der Waals surface area (Å²) in [4.78, 5) is 18.5. The van der Waals surface area contributed by atoms with Crippen LogP contribution in [-0.4, -0.2) is 50.6 Å². The summed E-state index contributed by atoms with van der Waals surface area (Å²) in [6.45, 7) is 5.98. The van der Waals surface area contributed by atoms with Gasteiger partial charge in [-0.15, -0.1) is 11.3 Å². The van der Waals surface area contributed by atoms with Gasteiger partial charge in [-0.25, -0.2) is 0 Å². The first kappa shape index (κ1) is 21.7. The van der Waals surface area contributed by atoms with E-state index in [9.17, 15) is 10.1 Å². The molecule has 164 valence electrons. The Bertz CT molecular complexity index is 972. The van der Waals surface area contributed by atoms with E-state index in [1.807, 2.05) is 18.2 Å². The van der Waals surface area contributed by atoms with Crippen LogP contribution in [0.25, 0.3) is 0 Å². The number of anilines is 2. The monoisotopic (exact) mass is 438 g/mol. The lowest BCUT2D eigenvalue weighted by Crippen LogP contribution is -2.48. The standard InChI is InChI=1S/C24H30N4O2S/c1-3-17-7-8-20-21(15-25)24(31-22(20)13-17)26-23(29)16-27-9-11-28(12-10-27)18-5-4-6-19(14-18)30-2/h4-6,14,17H,3,7-13,16H2,1-2H3,(H,26,29). The molecule has 1 aliphatic carbocycles. The summed E-state index contributed by atoms with van der Waals surface area (Å²) >= 11 is 1.60. The minimum absolute atomic E-state index is 0.0306. The van der Waals surface area contributed by atoms with Crippen molar-refractivity contribution in [3.05, 3.63) is 40.3 Å². The number of carbonyl (C=O) groups is 1. The van der Waals surface area contributed by atoms with Gasteiger partial charge >= 0.3 is 0 Å². The number of nitriles is 1. The van der Waals surface area contributed by atoms with Crippen molar-refractivity contribution in [1.82, 2.24) is 4.90 Å². The largest absolute Gasteiger partial charge is 0.497 e.